The largest absolute Gasteiger partial charge is 0.506 e. The smallest absolute Gasteiger partial charge is 0.387 e. The monoisotopic (exact) mass is 194 g/mol. The zero-order valence-electron chi connectivity index (χ0n) is 5.80. The topological polar surface area (TPSA) is 29.5 Å². The third kappa shape index (κ3) is 1.98. The first-order valence-electron chi connectivity index (χ1n) is 3.03. The minimum Gasteiger partial charge on any atom is -0.506 e. The van der Waals surface area contributed by atoms with Crippen LogP contribution in [0.5, 0.6) is 11.5 Å². The summed E-state index contributed by atoms with van der Waals surface area (Å²) in [7, 11) is 0. The average molecular weight is 195 g/mol. The van der Waals surface area contributed by atoms with Gasteiger partial charge in [0.05, 0.1) is 0 Å². The highest BCUT2D eigenvalue weighted by molar-refractivity contribution is 6.33. The third-order valence-corrected chi connectivity index (χ3v) is 1.54. The number of phenolic OH excluding ortho intramolecular Hbond substituents is 1. The fourth-order valence-corrected chi connectivity index (χ4v) is 0.857. The Morgan fingerprint density at radius 3 is 2.67 bits per heavy atom. The maximum absolute atomic E-state index is 11.7. The Labute approximate surface area is 72.3 Å². The van der Waals surface area contributed by atoms with E-state index in [0.29, 0.717) is 0 Å². The maximum Gasteiger partial charge on any atom is 0.387 e. The van der Waals surface area contributed by atoms with Gasteiger partial charge < -0.3 is 9.84 Å². The minimum absolute atomic E-state index is 0.210. The Hall–Kier alpha value is -1.03. The van der Waals surface area contributed by atoms with Crippen LogP contribution in [0.1, 0.15) is 0 Å². The van der Waals surface area contributed by atoms with Crippen LogP contribution in [0.3, 0.4) is 0 Å². The number of hydrogen-bond acceptors (Lipinski definition) is 2. The van der Waals surface area contributed by atoms with E-state index in [1.54, 1.807) is 0 Å². The van der Waals surface area contributed by atoms with Crippen LogP contribution >= 0.6 is 11.6 Å². The number of hydrogen-bond donors (Lipinski definition) is 1. The molecule has 0 spiro atoms. The second-order valence-corrected chi connectivity index (χ2v) is 2.35. The van der Waals surface area contributed by atoms with E-state index in [2.05, 4.69) is 4.74 Å². The summed E-state index contributed by atoms with van der Waals surface area (Å²) in [5.41, 5.74) is 0. The summed E-state index contributed by atoms with van der Waals surface area (Å²) >= 11 is 5.43. The van der Waals surface area contributed by atoms with Crippen molar-refractivity contribution >= 4 is 11.6 Å². The number of aromatic hydroxyl groups is 1. The molecule has 1 N–H and O–H groups in total. The molecule has 0 unspecified atom stereocenters. The molecule has 0 aliphatic rings. The molecule has 12 heavy (non-hydrogen) atoms. The quantitative estimate of drug-likeness (QED) is 0.784. The third-order valence-electron chi connectivity index (χ3n) is 1.16. The molecular weight excluding hydrogens is 190 g/mol. The normalized spacial score (nSPS) is 10.3. The molecule has 5 heteroatoms. The highest BCUT2D eigenvalue weighted by Gasteiger charge is 2.10. The lowest BCUT2D eigenvalue weighted by Gasteiger charge is -2.06. The van der Waals surface area contributed by atoms with Gasteiger partial charge in [-0.25, -0.2) is 0 Å². The van der Waals surface area contributed by atoms with Crippen LogP contribution < -0.4 is 4.74 Å². The minimum atomic E-state index is -2.94. The summed E-state index contributed by atoms with van der Waals surface area (Å²) in [4.78, 5) is 0. The van der Waals surface area contributed by atoms with E-state index in [9.17, 15) is 8.78 Å². The van der Waals surface area contributed by atoms with Gasteiger partial charge in [-0.1, -0.05) is 17.7 Å². The average Bonchev–Trinajstić information content (AvgIpc) is 1.98. The Kier molecular flexibility index (Phi) is 2.70. The first-order chi connectivity index (χ1) is 5.61. The van der Waals surface area contributed by atoms with Gasteiger partial charge in [0.2, 0.25) is 0 Å². The summed E-state index contributed by atoms with van der Waals surface area (Å²) in [6.45, 7) is -2.94. The van der Waals surface area contributed by atoms with Crippen molar-refractivity contribution in [2.75, 3.05) is 0 Å². The van der Waals surface area contributed by atoms with Crippen molar-refractivity contribution in [1.29, 1.82) is 0 Å². The molecule has 0 aliphatic carbocycles. The van der Waals surface area contributed by atoms with Gasteiger partial charge in [-0.2, -0.15) is 8.78 Å². The van der Waals surface area contributed by atoms with E-state index in [0.717, 1.165) is 0 Å². The van der Waals surface area contributed by atoms with Gasteiger partial charge in [0.15, 0.2) is 0 Å². The van der Waals surface area contributed by atoms with Crippen LogP contribution in [0.2, 0.25) is 5.02 Å². The molecule has 1 aromatic carbocycles. The second-order valence-electron chi connectivity index (χ2n) is 1.97. The Morgan fingerprint density at radius 1 is 1.42 bits per heavy atom. The van der Waals surface area contributed by atoms with Gasteiger partial charge in [0.25, 0.3) is 0 Å². The molecule has 66 valence electrons. The second kappa shape index (κ2) is 3.58. The van der Waals surface area contributed by atoms with Crippen molar-refractivity contribution in [3.8, 4) is 11.5 Å². The molecule has 0 saturated heterocycles. The SMILES string of the molecule is Oc1cccc(OC(F)F)c1Cl. The molecule has 0 aliphatic heterocycles. The number of halogens is 3. The van der Waals surface area contributed by atoms with Crippen molar-refractivity contribution in [2.45, 2.75) is 6.61 Å². The van der Waals surface area contributed by atoms with Crippen LogP contribution in [0, 0.1) is 0 Å². The summed E-state index contributed by atoms with van der Waals surface area (Å²) in [6.07, 6.45) is 0. The molecule has 2 nitrogen and oxygen atoms in total. The van der Waals surface area contributed by atoms with Crippen LogP contribution in [0.25, 0.3) is 0 Å². The number of phenols is 1. The van der Waals surface area contributed by atoms with E-state index in [1.165, 1.54) is 18.2 Å². The summed E-state index contributed by atoms with van der Waals surface area (Å²) in [6, 6.07) is 3.88. The van der Waals surface area contributed by atoms with Gasteiger partial charge in [-0.15, -0.1) is 0 Å². The predicted molar refractivity (Wildman–Crippen MR) is 39.7 cm³/mol. The number of benzene rings is 1. The number of ether oxygens (including phenoxy) is 1. The molecular formula is C7H5ClF2O2. The maximum atomic E-state index is 11.7. The Bertz CT molecular complexity index is 278. The van der Waals surface area contributed by atoms with Gasteiger partial charge >= 0.3 is 6.61 Å². The fraction of sp³-hybridized carbons (Fsp3) is 0.143. The standard InChI is InChI=1S/C7H5ClF2O2/c8-6-4(11)2-1-3-5(6)12-7(9)10/h1-3,7,11H. The summed E-state index contributed by atoms with van der Waals surface area (Å²) in [5, 5.41) is 8.75. The lowest BCUT2D eigenvalue weighted by atomic mass is 10.3. The predicted octanol–water partition coefficient (Wildman–Crippen LogP) is 2.65. The first kappa shape index (κ1) is 9.06. The van der Waals surface area contributed by atoms with Crippen molar-refractivity contribution in [2.24, 2.45) is 0 Å². The van der Waals surface area contributed by atoms with Crippen LogP contribution in [-0.4, -0.2) is 11.7 Å². The van der Waals surface area contributed by atoms with E-state index >= 15 is 0 Å². The van der Waals surface area contributed by atoms with Gasteiger partial charge in [-0.3, -0.25) is 0 Å². The molecule has 1 aromatic rings. The van der Waals surface area contributed by atoms with E-state index < -0.39 is 6.61 Å². The van der Waals surface area contributed by atoms with Crippen molar-refractivity contribution < 1.29 is 18.6 Å². The Balaban J connectivity index is 2.92. The molecule has 0 bridgehead atoms. The highest BCUT2D eigenvalue weighted by Crippen LogP contribution is 2.33. The molecule has 1 rings (SSSR count). The summed E-state index contributed by atoms with van der Waals surface area (Å²) < 4.78 is 27.3. The number of alkyl halides is 2. The Morgan fingerprint density at radius 2 is 2.08 bits per heavy atom. The van der Waals surface area contributed by atoms with E-state index in [1.807, 2.05) is 0 Å². The molecule has 0 heterocycles. The zero-order valence-corrected chi connectivity index (χ0v) is 6.55. The number of rotatable bonds is 2. The van der Waals surface area contributed by atoms with E-state index in [4.69, 9.17) is 16.7 Å². The molecule has 0 aromatic heterocycles. The summed E-state index contributed by atoms with van der Waals surface area (Å²) in [5.74, 6) is -0.513. The van der Waals surface area contributed by atoms with Gasteiger partial charge in [-0.05, 0) is 12.1 Å². The van der Waals surface area contributed by atoms with Crippen LogP contribution in [0.4, 0.5) is 8.78 Å². The lowest BCUT2D eigenvalue weighted by molar-refractivity contribution is -0.0498. The van der Waals surface area contributed by atoms with Gasteiger partial charge in [0.1, 0.15) is 16.5 Å². The molecule has 0 saturated carbocycles. The highest BCUT2D eigenvalue weighted by atomic mass is 35.5. The molecule has 0 amide bonds. The molecule has 0 atom stereocenters. The van der Waals surface area contributed by atoms with Crippen molar-refractivity contribution in [3.05, 3.63) is 23.2 Å². The van der Waals surface area contributed by atoms with Gasteiger partial charge in [0, 0.05) is 0 Å². The lowest BCUT2D eigenvalue weighted by Crippen LogP contribution is -2.01. The van der Waals surface area contributed by atoms with E-state index in [-0.39, 0.29) is 16.5 Å². The first-order valence-corrected chi connectivity index (χ1v) is 3.41. The molecule has 0 fully saturated rings. The molecule has 0 radical (unpaired) electrons. The van der Waals surface area contributed by atoms with Crippen molar-refractivity contribution in [1.82, 2.24) is 0 Å². The van der Waals surface area contributed by atoms with Crippen molar-refractivity contribution in [3.63, 3.8) is 0 Å². The zero-order chi connectivity index (χ0) is 9.14. The van der Waals surface area contributed by atoms with Crippen LogP contribution in [-0.2, 0) is 0 Å². The van der Waals surface area contributed by atoms with Crippen LogP contribution in [0.15, 0.2) is 18.2 Å². The fourth-order valence-electron chi connectivity index (χ4n) is 0.686.